The Balaban J connectivity index is 1.47. The lowest BCUT2D eigenvalue weighted by atomic mass is 10.2. The van der Waals surface area contributed by atoms with E-state index in [-0.39, 0.29) is 6.61 Å². The summed E-state index contributed by atoms with van der Waals surface area (Å²) in [6, 6.07) is 13.6. The van der Waals surface area contributed by atoms with Gasteiger partial charge in [0.1, 0.15) is 18.5 Å². The number of aliphatic hydroxyl groups excluding tert-OH is 1. The van der Waals surface area contributed by atoms with Crippen molar-refractivity contribution in [2.24, 2.45) is 0 Å². The van der Waals surface area contributed by atoms with E-state index in [9.17, 15) is 5.11 Å². The van der Waals surface area contributed by atoms with Crippen LogP contribution in [0.4, 0.5) is 5.69 Å². The average Bonchev–Trinajstić information content (AvgIpc) is 2.78. The van der Waals surface area contributed by atoms with Crippen molar-refractivity contribution in [1.82, 2.24) is 4.90 Å². The molecule has 1 saturated heterocycles. The van der Waals surface area contributed by atoms with E-state index < -0.39 is 6.10 Å². The third-order valence-electron chi connectivity index (χ3n) is 5.08. The van der Waals surface area contributed by atoms with Crippen molar-refractivity contribution in [3.8, 4) is 23.0 Å². The van der Waals surface area contributed by atoms with Crippen molar-refractivity contribution >= 4 is 5.69 Å². The first-order valence-corrected chi connectivity index (χ1v) is 9.77. The third-order valence-corrected chi connectivity index (χ3v) is 5.08. The highest BCUT2D eigenvalue weighted by Crippen LogP contribution is 2.36. The molecule has 1 aliphatic heterocycles. The van der Waals surface area contributed by atoms with E-state index in [0.717, 1.165) is 31.9 Å². The number of methoxy groups -OCH3 is 3. The molecule has 0 amide bonds. The van der Waals surface area contributed by atoms with Crippen LogP contribution in [-0.2, 0) is 0 Å². The molecule has 0 radical (unpaired) electrons. The summed E-state index contributed by atoms with van der Waals surface area (Å²) in [6.45, 7) is 4.35. The Morgan fingerprint density at radius 1 is 0.862 bits per heavy atom. The van der Waals surface area contributed by atoms with E-state index in [1.807, 2.05) is 30.3 Å². The Morgan fingerprint density at radius 2 is 1.48 bits per heavy atom. The molecule has 0 aromatic heterocycles. The zero-order chi connectivity index (χ0) is 20.6. The summed E-state index contributed by atoms with van der Waals surface area (Å²) >= 11 is 0. The summed E-state index contributed by atoms with van der Waals surface area (Å²) in [5, 5.41) is 10.5. The lowest BCUT2D eigenvalue weighted by molar-refractivity contribution is 0.0643. The van der Waals surface area contributed by atoms with Crippen LogP contribution in [0.15, 0.2) is 42.5 Å². The highest BCUT2D eigenvalue weighted by atomic mass is 16.5. The molecular formula is C22H30N2O5. The second kappa shape index (κ2) is 10.2. The lowest BCUT2D eigenvalue weighted by Crippen LogP contribution is -2.49. The molecule has 1 fully saturated rings. The van der Waals surface area contributed by atoms with Crippen LogP contribution in [-0.4, -0.2) is 76.8 Å². The van der Waals surface area contributed by atoms with Gasteiger partial charge in [0.05, 0.1) is 21.3 Å². The van der Waals surface area contributed by atoms with Crippen LogP contribution in [0.2, 0.25) is 0 Å². The van der Waals surface area contributed by atoms with Gasteiger partial charge in [0, 0.05) is 38.4 Å². The van der Waals surface area contributed by atoms with Gasteiger partial charge >= 0.3 is 0 Å². The molecule has 3 rings (SSSR count). The normalized spacial score (nSPS) is 15.7. The van der Waals surface area contributed by atoms with Gasteiger partial charge in [-0.15, -0.1) is 0 Å². The molecule has 0 saturated carbocycles. The van der Waals surface area contributed by atoms with Gasteiger partial charge in [-0.2, -0.15) is 0 Å². The quantitative estimate of drug-likeness (QED) is 0.690. The van der Waals surface area contributed by atoms with Crippen LogP contribution >= 0.6 is 0 Å². The van der Waals surface area contributed by atoms with Crippen molar-refractivity contribution in [2.75, 3.05) is 65.6 Å². The van der Waals surface area contributed by atoms with Crippen LogP contribution in [0.3, 0.4) is 0 Å². The zero-order valence-corrected chi connectivity index (χ0v) is 17.3. The van der Waals surface area contributed by atoms with E-state index in [4.69, 9.17) is 18.9 Å². The molecule has 2 aromatic rings. The van der Waals surface area contributed by atoms with Gasteiger partial charge in [-0.1, -0.05) is 6.07 Å². The highest BCUT2D eigenvalue weighted by Gasteiger charge is 2.21. The van der Waals surface area contributed by atoms with Gasteiger partial charge < -0.3 is 29.0 Å². The maximum Gasteiger partial charge on any atom is 0.203 e. The fourth-order valence-electron chi connectivity index (χ4n) is 3.47. The first kappa shape index (κ1) is 21.1. The van der Waals surface area contributed by atoms with Crippen molar-refractivity contribution in [1.29, 1.82) is 0 Å². The number of benzene rings is 2. The van der Waals surface area contributed by atoms with Crippen LogP contribution < -0.4 is 23.8 Å². The zero-order valence-electron chi connectivity index (χ0n) is 17.3. The van der Waals surface area contributed by atoms with Gasteiger partial charge in [-0.05, 0) is 36.4 Å². The highest BCUT2D eigenvalue weighted by molar-refractivity contribution is 5.51. The van der Waals surface area contributed by atoms with Gasteiger partial charge in [-0.3, -0.25) is 4.90 Å². The molecule has 0 unspecified atom stereocenters. The van der Waals surface area contributed by atoms with Crippen molar-refractivity contribution in [3.05, 3.63) is 42.5 Å². The molecule has 0 aliphatic carbocycles. The minimum absolute atomic E-state index is 0.176. The van der Waals surface area contributed by atoms with Gasteiger partial charge in [0.2, 0.25) is 5.75 Å². The van der Waals surface area contributed by atoms with Crippen LogP contribution in [0, 0.1) is 0 Å². The summed E-state index contributed by atoms with van der Waals surface area (Å²) in [5.74, 6) is 2.55. The molecule has 1 aliphatic rings. The fraction of sp³-hybridized carbons (Fsp3) is 0.455. The second-order valence-electron chi connectivity index (χ2n) is 6.94. The smallest absolute Gasteiger partial charge is 0.203 e. The molecule has 29 heavy (non-hydrogen) atoms. The molecule has 7 nitrogen and oxygen atoms in total. The lowest BCUT2D eigenvalue weighted by Gasteiger charge is -2.36. The summed E-state index contributed by atoms with van der Waals surface area (Å²) in [6.07, 6.45) is -0.600. The number of hydrogen-bond acceptors (Lipinski definition) is 7. The standard InChI is InChI=1S/C22H30N2O5/c1-26-19-9-7-17(8-10-19)24-13-11-23(12-14-24)15-18(25)16-29-22-20(27-2)5-4-6-21(22)28-3/h4-10,18,25H,11-16H2,1-3H3/t18-/m0/s1. The Kier molecular flexibility index (Phi) is 7.43. The molecular weight excluding hydrogens is 372 g/mol. The Bertz CT molecular complexity index is 738. The maximum absolute atomic E-state index is 10.5. The van der Waals surface area contributed by atoms with Crippen LogP contribution in [0.25, 0.3) is 0 Å². The van der Waals surface area contributed by atoms with Gasteiger partial charge in [-0.25, -0.2) is 0 Å². The SMILES string of the molecule is COc1ccc(N2CCN(C[C@H](O)COc3c(OC)cccc3OC)CC2)cc1. The fourth-order valence-corrected chi connectivity index (χ4v) is 3.47. The molecule has 0 spiro atoms. The Labute approximate surface area is 172 Å². The minimum atomic E-state index is -0.600. The average molecular weight is 402 g/mol. The summed E-state index contributed by atoms with van der Waals surface area (Å²) < 4.78 is 21.7. The number of piperazine rings is 1. The maximum atomic E-state index is 10.5. The number of aliphatic hydroxyl groups is 1. The number of anilines is 1. The van der Waals surface area contributed by atoms with E-state index in [2.05, 4.69) is 21.9 Å². The molecule has 1 heterocycles. The molecule has 2 aromatic carbocycles. The predicted octanol–water partition coefficient (Wildman–Crippen LogP) is 2.27. The number of β-amino-alcohol motifs (C(OH)–C–C–N with tert-alkyl or cyclic N) is 1. The van der Waals surface area contributed by atoms with Crippen LogP contribution in [0.1, 0.15) is 0 Å². The Hall–Kier alpha value is -2.64. The van der Waals surface area contributed by atoms with E-state index in [1.54, 1.807) is 21.3 Å². The van der Waals surface area contributed by atoms with Crippen molar-refractivity contribution in [2.45, 2.75) is 6.10 Å². The summed E-state index contributed by atoms with van der Waals surface area (Å²) in [4.78, 5) is 4.60. The molecule has 1 N–H and O–H groups in total. The molecule has 7 heteroatoms. The minimum Gasteiger partial charge on any atom is -0.497 e. The number of hydrogen-bond donors (Lipinski definition) is 1. The first-order chi connectivity index (χ1) is 14.1. The number of para-hydroxylation sites is 1. The van der Waals surface area contributed by atoms with Gasteiger partial charge in [0.25, 0.3) is 0 Å². The monoisotopic (exact) mass is 402 g/mol. The Morgan fingerprint density at radius 3 is 2.03 bits per heavy atom. The van der Waals surface area contributed by atoms with Crippen molar-refractivity contribution in [3.63, 3.8) is 0 Å². The number of nitrogens with zero attached hydrogens (tertiary/aromatic N) is 2. The predicted molar refractivity (Wildman–Crippen MR) is 113 cm³/mol. The molecule has 1 atom stereocenters. The summed E-state index contributed by atoms with van der Waals surface area (Å²) in [7, 11) is 4.84. The topological polar surface area (TPSA) is 63.6 Å². The van der Waals surface area contributed by atoms with Crippen molar-refractivity contribution < 1.29 is 24.1 Å². The molecule has 0 bridgehead atoms. The number of rotatable bonds is 9. The van der Waals surface area contributed by atoms with E-state index in [0.29, 0.717) is 23.8 Å². The third kappa shape index (κ3) is 5.46. The van der Waals surface area contributed by atoms with Crippen LogP contribution in [0.5, 0.6) is 23.0 Å². The number of ether oxygens (including phenoxy) is 4. The second-order valence-corrected chi connectivity index (χ2v) is 6.94. The van der Waals surface area contributed by atoms with E-state index >= 15 is 0 Å². The first-order valence-electron chi connectivity index (χ1n) is 9.77. The largest absolute Gasteiger partial charge is 0.497 e. The van der Waals surface area contributed by atoms with Gasteiger partial charge in [0.15, 0.2) is 11.5 Å². The summed E-state index contributed by atoms with van der Waals surface area (Å²) in [5.41, 5.74) is 1.19. The molecule has 158 valence electrons. The van der Waals surface area contributed by atoms with E-state index in [1.165, 1.54) is 5.69 Å².